The summed E-state index contributed by atoms with van der Waals surface area (Å²) in [6.45, 7) is 4.29. The zero-order valence-electron chi connectivity index (χ0n) is 17.8. The molecule has 0 aliphatic heterocycles. The van der Waals surface area contributed by atoms with Gasteiger partial charge in [-0.05, 0) is 42.7 Å². The number of pyridine rings is 1. The smallest absolute Gasteiger partial charge is 0.247 e. The summed E-state index contributed by atoms with van der Waals surface area (Å²) in [4.78, 5) is 29.5. The number of benzene rings is 1. The fourth-order valence-electron chi connectivity index (χ4n) is 3.59. The number of carbonyl (C=O) groups excluding carboxylic acids is 2. The van der Waals surface area contributed by atoms with Crippen LogP contribution in [0.4, 0.5) is 0 Å². The van der Waals surface area contributed by atoms with Crippen molar-refractivity contribution in [3.63, 3.8) is 0 Å². The Morgan fingerprint density at radius 1 is 1.10 bits per heavy atom. The minimum absolute atomic E-state index is 0.135. The molecular formula is C24H31N3O3. The van der Waals surface area contributed by atoms with E-state index in [-0.39, 0.29) is 23.8 Å². The minimum Gasteiger partial charge on any atom is -0.474 e. The summed E-state index contributed by atoms with van der Waals surface area (Å²) in [6, 6.07) is 12.3. The molecule has 160 valence electrons. The zero-order chi connectivity index (χ0) is 21.3. The molecule has 0 spiro atoms. The highest BCUT2D eigenvalue weighted by atomic mass is 16.5. The fraction of sp³-hybridized carbons (Fsp3) is 0.458. The molecule has 30 heavy (non-hydrogen) atoms. The Labute approximate surface area is 178 Å². The van der Waals surface area contributed by atoms with Crippen molar-refractivity contribution in [1.82, 2.24) is 15.6 Å². The normalized spacial score (nSPS) is 15.0. The maximum atomic E-state index is 12.9. The van der Waals surface area contributed by atoms with Crippen LogP contribution in [0.1, 0.15) is 63.1 Å². The number of aromatic nitrogens is 1. The van der Waals surface area contributed by atoms with E-state index in [1.807, 2.05) is 56.3 Å². The van der Waals surface area contributed by atoms with Gasteiger partial charge in [0.25, 0.3) is 0 Å². The van der Waals surface area contributed by atoms with E-state index in [1.54, 1.807) is 6.20 Å². The molecule has 2 aromatic rings. The first-order chi connectivity index (χ1) is 14.5. The summed E-state index contributed by atoms with van der Waals surface area (Å²) < 4.78 is 5.88. The highest BCUT2D eigenvalue weighted by Crippen LogP contribution is 2.23. The molecule has 3 rings (SSSR count). The van der Waals surface area contributed by atoms with Crippen molar-refractivity contribution in [2.24, 2.45) is 5.92 Å². The number of rotatable bonds is 9. The van der Waals surface area contributed by atoms with Gasteiger partial charge in [0.2, 0.25) is 17.7 Å². The molecule has 1 atom stereocenters. The van der Waals surface area contributed by atoms with Crippen LogP contribution in [0.25, 0.3) is 0 Å². The Hall–Kier alpha value is -2.89. The van der Waals surface area contributed by atoms with Crippen LogP contribution in [-0.2, 0) is 16.1 Å². The maximum absolute atomic E-state index is 12.9. The van der Waals surface area contributed by atoms with Crippen LogP contribution >= 0.6 is 0 Å². The topological polar surface area (TPSA) is 80.3 Å². The average Bonchev–Trinajstić information content (AvgIpc) is 3.24. The van der Waals surface area contributed by atoms with Crippen molar-refractivity contribution >= 4 is 11.8 Å². The predicted molar refractivity (Wildman–Crippen MR) is 116 cm³/mol. The van der Waals surface area contributed by atoms with Crippen molar-refractivity contribution in [1.29, 1.82) is 0 Å². The van der Waals surface area contributed by atoms with Gasteiger partial charge in [-0.1, -0.05) is 50.2 Å². The number of amides is 2. The van der Waals surface area contributed by atoms with Gasteiger partial charge in [0.15, 0.2) is 0 Å². The van der Waals surface area contributed by atoms with E-state index < -0.39 is 6.04 Å². The number of nitrogens with zero attached hydrogens (tertiary/aromatic N) is 1. The van der Waals surface area contributed by atoms with Crippen LogP contribution in [0.15, 0.2) is 48.7 Å². The highest BCUT2D eigenvalue weighted by Gasteiger charge is 2.23. The Morgan fingerprint density at radius 2 is 1.83 bits per heavy atom. The second kappa shape index (κ2) is 10.8. The molecule has 1 saturated carbocycles. The Kier molecular flexibility index (Phi) is 7.82. The lowest BCUT2D eigenvalue weighted by Crippen LogP contribution is -2.40. The van der Waals surface area contributed by atoms with Gasteiger partial charge in [0, 0.05) is 25.2 Å². The summed E-state index contributed by atoms with van der Waals surface area (Å²) in [6.07, 6.45) is 6.97. The second-order valence-electron chi connectivity index (χ2n) is 8.26. The van der Waals surface area contributed by atoms with E-state index in [4.69, 9.17) is 4.74 Å². The Morgan fingerprint density at radius 3 is 2.47 bits per heavy atom. The number of ether oxygens (including phenoxy) is 1. The molecule has 6 heteroatoms. The van der Waals surface area contributed by atoms with Gasteiger partial charge in [-0.15, -0.1) is 0 Å². The molecule has 0 saturated heterocycles. The molecule has 1 aromatic heterocycles. The summed E-state index contributed by atoms with van der Waals surface area (Å²) >= 11 is 0. The van der Waals surface area contributed by atoms with Crippen LogP contribution in [0.3, 0.4) is 0 Å². The van der Waals surface area contributed by atoms with Crippen LogP contribution in [0.5, 0.6) is 5.88 Å². The number of hydrogen-bond donors (Lipinski definition) is 2. The van der Waals surface area contributed by atoms with Crippen LogP contribution in [-0.4, -0.2) is 22.9 Å². The van der Waals surface area contributed by atoms with E-state index in [0.717, 1.165) is 24.0 Å². The third-order valence-electron chi connectivity index (χ3n) is 5.15. The molecular weight excluding hydrogens is 378 g/mol. The monoisotopic (exact) mass is 409 g/mol. The van der Waals surface area contributed by atoms with Crippen molar-refractivity contribution in [2.45, 2.75) is 64.6 Å². The van der Waals surface area contributed by atoms with E-state index in [2.05, 4.69) is 15.6 Å². The van der Waals surface area contributed by atoms with Gasteiger partial charge >= 0.3 is 0 Å². The number of nitrogens with one attached hydrogen (secondary N) is 2. The molecule has 2 N–H and O–H groups in total. The second-order valence-corrected chi connectivity index (χ2v) is 8.26. The van der Waals surface area contributed by atoms with E-state index in [0.29, 0.717) is 18.8 Å². The molecule has 1 unspecified atom stereocenters. The average molecular weight is 410 g/mol. The molecule has 0 bridgehead atoms. The van der Waals surface area contributed by atoms with Crippen molar-refractivity contribution in [2.75, 3.05) is 0 Å². The van der Waals surface area contributed by atoms with Gasteiger partial charge in [-0.2, -0.15) is 0 Å². The standard InChI is InChI=1S/C24H31N3O3/c1-17(2)14-21(28)27-23(19-8-4-3-5-9-19)24(29)26-16-18-12-13-22(25-15-18)30-20-10-6-7-11-20/h3-5,8-9,12-13,15,17,20,23H,6-7,10-11,14,16H2,1-2H3,(H,26,29)(H,27,28). The molecule has 1 fully saturated rings. The van der Waals surface area contributed by atoms with Crippen molar-refractivity contribution in [3.05, 3.63) is 59.8 Å². The molecule has 1 aromatic carbocycles. The minimum atomic E-state index is -0.726. The van der Waals surface area contributed by atoms with Gasteiger partial charge in [-0.3, -0.25) is 9.59 Å². The molecule has 6 nitrogen and oxygen atoms in total. The first kappa shape index (κ1) is 21.8. The summed E-state index contributed by atoms with van der Waals surface area (Å²) in [5, 5.41) is 5.78. The quantitative estimate of drug-likeness (QED) is 0.658. The summed E-state index contributed by atoms with van der Waals surface area (Å²) in [7, 11) is 0. The largest absolute Gasteiger partial charge is 0.474 e. The molecule has 2 amide bonds. The number of carbonyl (C=O) groups is 2. The number of hydrogen-bond acceptors (Lipinski definition) is 4. The van der Waals surface area contributed by atoms with E-state index >= 15 is 0 Å². The SMILES string of the molecule is CC(C)CC(=O)NC(C(=O)NCc1ccc(OC2CCCC2)nc1)c1ccccc1. The van der Waals surface area contributed by atoms with E-state index in [1.165, 1.54) is 12.8 Å². The van der Waals surface area contributed by atoms with Gasteiger partial charge in [0.1, 0.15) is 12.1 Å². The van der Waals surface area contributed by atoms with Crippen LogP contribution in [0, 0.1) is 5.92 Å². The molecule has 1 heterocycles. The predicted octanol–water partition coefficient (Wildman–Crippen LogP) is 3.92. The lowest BCUT2D eigenvalue weighted by atomic mass is 10.0. The van der Waals surface area contributed by atoms with Crippen LogP contribution < -0.4 is 15.4 Å². The van der Waals surface area contributed by atoms with Gasteiger partial charge in [0.05, 0.1) is 0 Å². The lowest BCUT2D eigenvalue weighted by Gasteiger charge is -2.19. The van der Waals surface area contributed by atoms with Crippen molar-refractivity contribution in [3.8, 4) is 5.88 Å². The third kappa shape index (κ3) is 6.58. The van der Waals surface area contributed by atoms with Crippen molar-refractivity contribution < 1.29 is 14.3 Å². The fourth-order valence-corrected chi connectivity index (χ4v) is 3.59. The van der Waals surface area contributed by atoms with Gasteiger partial charge < -0.3 is 15.4 Å². The highest BCUT2D eigenvalue weighted by molar-refractivity contribution is 5.88. The molecule has 1 aliphatic carbocycles. The molecule has 0 radical (unpaired) electrons. The summed E-state index contributed by atoms with van der Waals surface area (Å²) in [5.41, 5.74) is 1.63. The Bertz CT molecular complexity index is 815. The first-order valence-electron chi connectivity index (χ1n) is 10.7. The summed E-state index contributed by atoms with van der Waals surface area (Å²) in [5.74, 6) is 0.467. The first-order valence-corrected chi connectivity index (χ1v) is 10.7. The third-order valence-corrected chi connectivity index (χ3v) is 5.15. The van der Waals surface area contributed by atoms with Crippen LogP contribution in [0.2, 0.25) is 0 Å². The molecule has 1 aliphatic rings. The van der Waals surface area contributed by atoms with E-state index in [9.17, 15) is 9.59 Å². The maximum Gasteiger partial charge on any atom is 0.247 e. The zero-order valence-corrected chi connectivity index (χ0v) is 17.8. The lowest BCUT2D eigenvalue weighted by molar-refractivity contribution is -0.129. The Balaban J connectivity index is 1.58. The van der Waals surface area contributed by atoms with Gasteiger partial charge in [-0.25, -0.2) is 4.98 Å².